The van der Waals surface area contributed by atoms with Gasteiger partial charge >= 0.3 is 0 Å². The molecule has 1 unspecified atom stereocenters. The quantitative estimate of drug-likeness (QED) is 0.858. The van der Waals surface area contributed by atoms with Crippen molar-refractivity contribution in [3.05, 3.63) is 71.8 Å². The molecular formula is C18H20N2O. The predicted molar refractivity (Wildman–Crippen MR) is 85.3 cm³/mol. The Morgan fingerprint density at radius 2 is 1.71 bits per heavy atom. The van der Waals surface area contributed by atoms with E-state index >= 15 is 0 Å². The topological polar surface area (TPSA) is 24.8 Å². The van der Waals surface area contributed by atoms with Crippen LogP contribution in [0.5, 0.6) is 0 Å². The standard InChI is InChI=1S/C18H20N2O/c1-20-12-13-21-18(20)19-17(16-10-6-3-7-11-16)14-15-8-4-2-5-9-15/h2-11,17H,12-14H2,1H3/b19-18-. The molecule has 0 saturated carbocycles. The van der Waals surface area contributed by atoms with Crippen molar-refractivity contribution in [2.24, 2.45) is 4.99 Å². The van der Waals surface area contributed by atoms with E-state index in [2.05, 4.69) is 53.4 Å². The molecule has 0 amide bonds. The molecule has 108 valence electrons. The maximum Gasteiger partial charge on any atom is 0.287 e. The van der Waals surface area contributed by atoms with E-state index in [-0.39, 0.29) is 6.04 Å². The van der Waals surface area contributed by atoms with Gasteiger partial charge in [0.25, 0.3) is 6.02 Å². The first kappa shape index (κ1) is 13.7. The zero-order valence-corrected chi connectivity index (χ0v) is 12.3. The maximum atomic E-state index is 5.63. The van der Waals surface area contributed by atoms with E-state index in [9.17, 15) is 0 Å². The summed E-state index contributed by atoms with van der Waals surface area (Å²) in [6.07, 6.45) is 0.881. The number of amidine groups is 1. The van der Waals surface area contributed by atoms with E-state index in [0.29, 0.717) is 0 Å². The van der Waals surface area contributed by atoms with Crippen LogP contribution in [0.4, 0.5) is 0 Å². The summed E-state index contributed by atoms with van der Waals surface area (Å²) in [5, 5.41) is 0. The third-order valence-corrected chi connectivity index (χ3v) is 3.71. The average Bonchev–Trinajstić information content (AvgIpc) is 2.94. The fraction of sp³-hybridized carbons (Fsp3) is 0.278. The van der Waals surface area contributed by atoms with Crippen LogP contribution < -0.4 is 0 Å². The van der Waals surface area contributed by atoms with Crippen molar-refractivity contribution in [2.75, 3.05) is 20.2 Å². The largest absolute Gasteiger partial charge is 0.463 e. The Morgan fingerprint density at radius 1 is 1.05 bits per heavy atom. The second kappa shape index (κ2) is 6.44. The molecule has 3 heteroatoms. The highest BCUT2D eigenvalue weighted by Gasteiger charge is 2.19. The van der Waals surface area contributed by atoms with Crippen molar-refractivity contribution < 1.29 is 4.74 Å². The van der Waals surface area contributed by atoms with Gasteiger partial charge in [-0.05, 0) is 17.5 Å². The van der Waals surface area contributed by atoms with Crippen molar-refractivity contribution in [3.63, 3.8) is 0 Å². The third-order valence-electron chi connectivity index (χ3n) is 3.71. The van der Waals surface area contributed by atoms with Crippen LogP contribution in [0.1, 0.15) is 17.2 Å². The summed E-state index contributed by atoms with van der Waals surface area (Å²) in [6, 6.07) is 21.7. The molecule has 1 heterocycles. The molecule has 1 aliphatic rings. The Morgan fingerprint density at radius 3 is 2.33 bits per heavy atom. The lowest BCUT2D eigenvalue weighted by Gasteiger charge is -2.16. The second-order valence-electron chi connectivity index (χ2n) is 5.30. The van der Waals surface area contributed by atoms with Gasteiger partial charge in [-0.2, -0.15) is 0 Å². The zero-order valence-electron chi connectivity index (χ0n) is 12.3. The van der Waals surface area contributed by atoms with E-state index in [1.807, 2.05) is 19.2 Å². The SMILES string of the molecule is CN1CCO/C1=N\C(Cc1ccccc1)c1ccccc1. The van der Waals surface area contributed by atoms with E-state index in [1.165, 1.54) is 11.1 Å². The van der Waals surface area contributed by atoms with Gasteiger partial charge in [-0.1, -0.05) is 60.7 Å². The molecule has 2 aromatic rings. The summed E-state index contributed by atoms with van der Waals surface area (Å²) in [5.41, 5.74) is 2.51. The first-order chi connectivity index (χ1) is 10.3. The summed E-state index contributed by atoms with van der Waals surface area (Å²) >= 11 is 0. The van der Waals surface area contributed by atoms with E-state index in [4.69, 9.17) is 9.73 Å². The van der Waals surface area contributed by atoms with Gasteiger partial charge in [-0.3, -0.25) is 0 Å². The highest BCUT2D eigenvalue weighted by atomic mass is 16.5. The normalized spacial score (nSPS) is 17.8. The first-order valence-corrected chi connectivity index (χ1v) is 7.33. The summed E-state index contributed by atoms with van der Waals surface area (Å²) in [6.45, 7) is 1.63. The van der Waals surface area contributed by atoms with Gasteiger partial charge < -0.3 is 9.64 Å². The molecule has 0 N–H and O–H groups in total. The molecular weight excluding hydrogens is 260 g/mol. The molecule has 3 nitrogen and oxygen atoms in total. The Bertz CT molecular complexity index is 595. The number of benzene rings is 2. The van der Waals surface area contributed by atoms with Gasteiger partial charge in [0.1, 0.15) is 6.61 Å². The smallest absolute Gasteiger partial charge is 0.287 e. The molecule has 0 aliphatic carbocycles. The van der Waals surface area contributed by atoms with Crippen LogP contribution in [0.15, 0.2) is 65.7 Å². The maximum absolute atomic E-state index is 5.63. The van der Waals surface area contributed by atoms with Crippen molar-refractivity contribution in [1.82, 2.24) is 4.90 Å². The number of rotatable bonds is 4. The Hall–Kier alpha value is -2.29. The molecule has 3 rings (SSSR count). The van der Waals surface area contributed by atoms with Crippen molar-refractivity contribution in [3.8, 4) is 0 Å². The van der Waals surface area contributed by atoms with Crippen LogP contribution in [-0.4, -0.2) is 31.1 Å². The van der Waals surface area contributed by atoms with Gasteiger partial charge in [-0.15, -0.1) is 0 Å². The lowest BCUT2D eigenvalue weighted by molar-refractivity contribution is 0.348. The number of hydrogen-bond donors (Lipinski definition) is 0. The van der Waals surface area contributed by atoms with Crippen LogP contribution in [0.2, 0.25) is 0 Å². The van der Waals surface area contributed by atoms with Crippen molar-refractivity contribution in [1.29, 1.82) is 0 Å². The molecule has 0 radical (unpaired) electrons. The number of nitrogens with zero attached hydrogens (tertiary/aromatic N) is 2. The fourth-order valence-corrected chi connectivity index (χ4v) is 2.50. The highest BCUT2D eigenvalue weighted by Crippen LogP contribution is 2.23. The molecule has 2 aromatic carbocycles. The number of likely N-dealkylation sites (N-methyl/N-ethyl adjacent to an activating group) is 1. The fourth-order valence-electron chi connectivity index (χ4n) is 2.50. The Balaban J connectivity index is 1.88. The minimum absolute atomic E-state index is 0.0872. The number of hydrogen-bond acceptors (Lipinski definition) is 2. The second-order valence-corrected chi connectivity index (χ2v) is 5.30. The zero-order chi connectivity index (χ0) is 14.5. The van der Waals surface area contributed by atoms with Crippen LogP contribution in [0.3, 0.4) is 0 Å². The van der Waals surface area contributed by atoms with Gasteiger partial charge in [-0.25, -0.2) is 4.99 Å². The molecule has 21 heavy (non-hydrogen) atoms. The number of ether oxygens (including phenoxy) is 1. The van der Waals surface area contributed by atoms with Gasteiger partial charge in [0.05, 0.1) is 12.6 Å². The molecule has 0 aromatic heterocycles. The minimum Gasteiger partial charge on any atom is -0.463 e. The first-order valence-electron chi connectivity index (χ1n) is 7.33. The average molecular weight is 280 g/mol. The molecule has 1 fully saturated rings. The molecule has 1 saturated heterocycles. The Labute approximate surface area is 125 Å². The number of aliphatic imine (C=N–C) groups is 1. The summed E-state index contributed by atoms with van der Waals surface area (Å²) in [7, 11) is 2.02. The third kappa shape index (κ3) is 3.43. The van der Waals surface area contributed by atoms with E-state index in [1.54, 1.807) is 0 Å². The van der Waals surface area contributed by atoms with Gasteiger partial charge in [0.15, 0.2) is 0 Å². The summed E-state index contributed by atoms with van der Waals surface area (Å²) in [5.74, 6) is 0. The van der Waals surface area contributed by atoms with Crippen LogP contribution in [-0.2, 0) is 11.2 Å². The monoisotopic (exact) mass is 280 g/mol. The minimum atomic E-state index is 0.0872. The Kier molecular flexibility index (Phi) is 4.20. The van der Waals surface area contributed by atoms with Crippen LogP contribution >= 0.6 is 0 Å². The summed E-state index contributed by atoms with van der Waals surface area (Å²) < 4.78 is 5.63. The van der Waals surface area contributed by atoms with Crippen LogP contribution in [0.25, 0.3) is 0 Å². The van der Waals surface area contributed by atoms with E-state index in [0.717, 1.165) is 25.6 Å². The summed E-state index contributed by atoms with van der Waals surface area (Å²) in [4.78, 5) is 6.91. The van der Waals surface area contributed by atoms with Gasteiger partial charge in [0, 0.05) is 7.05 Å². The molecule has 0 spiro atoms. The van der Waals surface area contributed by atoms with Gasteiger partial charge in [0.2, 0.25) is 0 Å². The molecule has 1 atom stereocenters. The lowest BCUT2D eigenvalue weighted by atomic mass is 9.99. The highest BCUT2D eigenvalue weighted by molar-refractivity contribution is 5.75. The lowest BCUT2D eigenvalue weighted by Crippen LogP contribution is -2.21. The van der Waals surface area contributed by atoms with E-state index < -0.39 is 0 Å². The van der Waals surface area contributed by atoms with Crippen molar-refractivity contribution in [2.45, 2.75) is 12.5 Å². The van der Waals surface area contributed by atoms with Crippen LogP contribution in [0, 0.1) is 0 Å². The molecule has 1 aliphatic heterocycles. The predicted octanol–water partition coefficient (Wildman–Crippen LogP) is 3.29. The van der Waals surface area contributed by atoms with Crippen molar-refractivity contribution >= 4 is 6.02 Å². The molecule has 0 bridgehead atoms.